The van der Waals surface area contributed by atoms with Crippen LogP contribution in [0.15, 0.2) is 0 Å². The van der Waals surface area contributed by atoms with Crippen molar-refractivity contribution < 1.29 is 4.79 Å². The van der Waals surface area contributed by atoms with Gasteiger partial charge in [0.15, 0.2) is 0 Å². The summed E-state index contributed by atoms with van der Waals surface area (Å²) in [5, 5.41) is 0. The van der Waals surface area contributed by atoms with E-state index in [0.717, 1.165) is 0 Å². The summed E-state index contributed by atoms with van der Waals surface area (Å²) in [5.41, 5.74) is 0. The second kappa shape index (κ2) is 5.64. The minimum Gasteiger partial charge on any atom is -0.286 e. The number of halogens is 1. The average Bonchev–Trinajstić information content (AvgIpc) is 1.83. The predicted octanol–water partition coefficient (Wildman–Crippen LogP) is 0.320. The van der Waals surface area contributed by atoms with Gasteiger partial charge in [0, 0.05) is 12.1 Å². The van der Waals surface area contributed by atoms with Gasteiger partial charge in [-0.3, -0.25) is 9.52 Å². The molecule has 0 aromatic carbocycles. The molecule has 0 spiro atoms. The molecule has 0 aromatic rings. The number of carbonyl (C=O) groups is 1. The minimum atomic E-state index is 0.0324. The summed E-state index contributed by atoms with van der Waals surface area (Å²) in [5.74, 6) is 0.0324. The van der Waals surface area contributed by atoms with Crippen molar-refractivity contribution in [3.8, 4) is 0 Å². The molecule has 0 aromatic heterocycles. The van der Waals surface area contributed by atoms with Crippen LogP contribution in [0.5, 0.6) is 0 Å². The maximum Gasteiger partial charge on any atom is 0.240 e. The Morgan fingerprint density at radius 1 is 1.88 bits per heavy atom. The Balaban J connectivity index is 2.99. The Labute approximate surface area is 66.4 Å². The first-order valence-corrected chi connectivity index (χ1v) is 4.33. The summed E-state index contributed by atoms with van der Waals surface area (Å²) in [6.45, 7) is 0. The van der Waals surface area contributed by atoms with Crippen LogP contribution in [0, 0.1) is 0 Å². The van der Waals surface area contributed by atoms with Crippen molar-refractivity contribution >= 4 is 40.6 Å². The molecule has 3 nitrogen and oxygen atoms in total. The largest absolute Gasteiger partial charge is 0.286 e. The summed E-state index contributed by atoms with van der Waals surface area (Å²) in [6, 6.07) is 0. The van der Waals surface area contributed by atoms with Crippen LogP contribution in [-0.2, 0) is 4.79 Å². The third kappa shape index (κ3) is 4.66. The Bertz CT molecular complexity index is 79.7. The van der Waals surface area contributed by atoms with Gasteiger partial charge >= 0.3 is 0 Å². The number of hydrogen-bond donors (Lipinski definition) is 2. The molecule has 0 saturated heterocycles. The van der Waals surface area contributed by atoms with Crippen LogP contribution in [0.25, 0.3) is 0 Å². The van der Waals surface area contributed by atoms with Gasteiger partial charge in [0.2, 0.25) is 5.91 Å². The van der Waals surface area contributed by atoms with Gasteiger partial charge in [-0.2, -0.15) is 0 Å². The van der Waals surface area contributed by atoms with E-state index in [1.807, 2.05) is 22.6 Å². The smallest absolute Gasteiger partial charge is 0.240 e. The van der Waals surface area contributed by atoms with Crippen LogP contribution in [0.3, 0.4) is 0 Å². The number of amides is 1. The fourth-order valence-electron chi connectivity index (χ4n) is 0.135. The molecule has 0 aliphatic carbocycles. The number of carbonyl (C=O) groups excluding carboxylic acids is 1. The molecule has 8 heavy (non-hydrogen) atoms. The highest BCUT2D eigenvalue weighted by Gasteiger charge is 1.92. The van der Waals surface area contributed by atoms with E-state index >= 15 is 0 Å². The zero-order valence-electron chi connectivity index (χ0n) is 4.40. The maximum atomic E-state index is 10.4. The highest BCUT2D eigenvalue weighted by Crippen LogP contribution is 1.85. The first-order chi connectivity index (χ1) is 3.81. The van der Waals surface area contributed by atoms with E-state index in [1.54, 1.807) is 7.05 Å². The Morgan fingerprint density at radius 2 is 2.50 bits per heavy atom. The molecular formula is C3H7IN2OS. The lowest BCUT2D eigenvalue weighted by molar-refractivity contribution is -0.116. The van der Waals surface area contributed by atoms with Crippen LogP contribution in [0.4, 0.5) is 0 Å². The minimum absolute atomic E-state index is 0.0324. The predicted molar refractivity (Wildman–Crippen MR) is 43.7 cm³/mol. The van der Waals surface area contributed by atoms with Crippen molar-refractivity contribution in [1.82, 2.24) is 9.44 Å². The first kappa shape index (κ1) is 8.51. The van der Waals surface area contributed by atoms with E-state index in [9.17, 15) is 4.79 Å². The normalized spacial score (nSPS) is 8.75. The van der Waals surface area contributed by atoms with Crippen molar-refractivity contribution in [1.29, 1.82) is 0 Å². The molecule has 0 atom stereocenters. The Morgan fingerprint density at radius 3 is 2.88 bits per heavy atom. The van der Waals surface area contributed by atoms with Crippen LogP contribution in [0.2, 0.25) is 0 Å². The van der Waals surface area contributed by atoms with Crippen molar-refractivity contribution in [2.45, 2.75) is 0 Å². The average molecular weight is 246 g/mol. The van der Waals surface area contributed by atoms with Crippen molar-refractivity contribution in [3.63, 3.8) is 0 Å². The van der Waals surface area contributed by atoms with E-state index in [2.05, 4.69) is 9.44 Å². The van der Waals surface area contributed by atoms with Crippen LogP contribution >= 0.6 is 34.7 Å². The molecule has 48 valence electrons. The fourth-order valence-corrected chi connectivity index (χ4v) is 0.873. The van der Waals surface area contributed by atoms with Gasteiger partial charge in [-0.1, -0.05) is 22.6 Å². The van der Waals surface area contributed by atoms with Crippen molar-refractivity contribution in [2.75, 3.05) is 11.5 Å². The van der Waals surface area contributed by atoms with Crippen molar-refractivity contribution in [3.05, 3.63) is 0 Å². The van der Waals surface area contributed by atoms with Gasteiger partial charge in [-0.05, 0) is 7.05 Å². The molecule has 5 heteroatoms. The lowest BCUT2D eigenvalue weighted by atomic mass is 10.8. The molecule has 1 amide bonds. The van der Waals surface area contributed by atoms with Gasteiger partial charge < -0.3 is 0 Å². The molecule has 0 unspecified atom stereocenters. The van der Waals surface area contributed by atoms with Gasteiger partial charge in [0.1, 0.15) is 0 Å². The highest BCUT2D eigenvalue weighted by molar-refractivity contribution is 14.1. The van der Waals surface area contributed by atoms with Gasteiger partial charge in [-0.15, -0.1) is 0 Å². The third-order valence-electron chi connectivity index (χ3n) is 0.388. The highest BCUT2D eigenvalue weighted by atomic mass is 127. The fraction of sp³-hybridized carbons (Fsp3) is 0.667. The quantitative estimate of drug-likeness (QED) is 0.428. The van der Waals surface area contributed by atoms with Crippen molar-refractivity contribution in [2.24, 2.45) is 0 Å². The van der Waals surface area contributed by atoms with Gasteiger partial charge in [0.25, 0.3) is 0 Å². The summed E-state index contributed by atoms with van der Waals surface area (Å²) in [7, 11) is 1.75. The summed E-state index contributed by atoms with van der Waals surface area (Å²) < 4.78 is 5.76. The molecule has 0 fully saturated rings. The lowest BCUT2D eigenvalue weighted by Crippen LogP contribution is -2.19. The Kier molecular flexibility index (Phi) is 6.00. The number of nitrogens with one attached hydrogen (secondary N) is 2. The molecule has 0 aliphatic heterocycles. The molecule has 0 saturated carbocycles. The topological polar surface area (TPSA) is 41.1 Å². The molecule has 0 rings (SSSR count). The lowest BCUT2D eigenvalue weighted by Gasteiger charge is -1.96. The van der Waals surface area contributed by atoms with E-state index in [4.69, 9.17) is 0 Å². The number of hydrogen-bond acceptors (Lipinski definition) is 3. The van der Waals surface area contributed by atoms with Gasteiger partial charge in [0.05, 0.1) is 4.43 Å². The van der Waals surface area contributed by atoms with E-state index < -0.39 is 0 Å². The maximum absolute atomic E-state index is 10.4. The van der Waals surface area contributed by atoms with Crippen LogP contribution in [-0.4, -0.2) is 17.4 Å². The summed E-state index contributed by atoms with van der Waals surface area (Å²) >= 11 is 3.19. The monoisotopic (exact) mass is 246 g/mol. The van der Waals surface area contributed by atoms with E-state index in [-0.39, 0.29) is 5.91 Å². The van der Waals surface area contributed by atoms with Gasteiger partial charge in [-0.25, -0.2) is 4.72 Å². The van der Waals surface area contributed by atoms with E-state index in [1.165, 1.54) is 12.1 Å². The third-order valence-corrected chi connectivity index (χ3v) is 1.61. The number of alkyl halides is 1. The summed E-state index contributed by atoms with van der Waals surface area (Å²) in [6.07, 6.45) is 0. The first-order valence-electron chi connectivity index (χ1n) is 1.98. The second-order valence-electron chi connectivity index (χ2n) is 0.965. The standard InChI is InChI=1S/C3H7IN2OS/c1-5-8-6-3(7)2-4/h5H,2H2,1H3,(H,6,7). The molecule has 2 N–H and O–H groups in total. The SMILES string of the molecule is CNSNC(=O)CI. The van der Waals surface area contributed by atoms with Crippen LogP contribution in [0.1, 0.15) is 0 Å². The molecule has 0 radical (unpaired) electrons. The number of rotatable bonds is 3. The second-order valence-corrected chi connectivity index (χ2v) is 2.54. The molecule has 0 bridgehead atoms. The zero-order chi connectivity index (χ0) is 6.41. The Hall–Kier alpha value is 0.510. The van der Waals surface area contributed by atoms with E-state index in [0.29, 0.717) is 4.43 Å². The molecular weight excluding hydrogens is 239 g/mol. The molecule has 0 aliphatic rings. The van der Waals surface area contributed by atoms with Crippen LogP contribution < -0.4 is 9.44 Å². The zero-order valence-corrected chi connectivity index (χ0v) is 7.38. The molecule has 0 heterocycles. The summed E-state index contributed by atoms with van der Waals surface area (Å²) in [4.78, 5) is 10.4.